The molecule has 0 aliphatic rings. The predicted octanol–water partition coefficient (Wildman–Crippen LogP) is 1.26. The van der Waals surface area contributed by atoms with Crippen LogP contribution in [0.2, 0.25) is 0 Å². The highest BCUT2D eigenvalue weighted by atomic mass is 16.4. The van der Waals surface area contributed by atoms with Crippen LogP contribution in [0, 0.1) is 0 Å². The van der Waals surface area contributed by atoms with Crippen molar-refractivity contribution in [1.82, 2.24) is 0 Å². The largest absolute Gasteiger partial charge is 0.481 e. The molecule has 0 fully saturated rings. The lowest BCUT2D eigenvalue weighted by Gasteiger charge is -1.94. The van der Waals surface area contributed by atoms with Crippen molar-refractivity contribution in [3.63, 3.8) is 0 Å². The maximum atomic E-state index is 10.9. The second-order valence-corrected chi connectivity index (χ2v) is 2.69. The predicted molar refractivity (Wildman–Crippen MR) is 44.3 cm³/mol. The van der Waals surface area contributed by atoms with Crippen LogP contribution >= 0.6 is 0 Å². The van der Waals surface area contributed by atoms with Crippen LogP contribution in [-0.2, 0) is 16.0 Å². The molecule has 70 valence electrons. The van der Waals surface area contributed by atoms with Crippen LogP contribution in [0.5, 0.6) is 0 Å². The second-order valence-electron chi connectivity index (χ2n) is 2.69. The molecule has 0 saturated heterocycles. The number of aliphatic carboxylic acids is 1. The van der Waals surface area contributed by atoms with Gasteiger partial charge in [0.1, 0.15) is 18.0 Å². The number of hydrogen-bond donors (Lipinski definition) is 1. The number of Topliss-reactive ketones (excluding diaryl/α,β-unsaturated/α-hetero) is 1. The third-order valence-electron chi connectivity index (χ3n) is 1.58. The van der Waals surface area contributed by atoms with E-state index in [0.29, 0.717) is 12.2 Å². The number of aryl methyl sites for hydroxylation is 1. The van der Waals surface area contributed by atoms with E-state index in [-0.39, 0.29) is 12.2 Å². The highest BCUT2D eigenvalue weighted by Crippen LogP contribution is 2.04. The quantitative estimate of drug-likeness (QED) is 0.696. The summed E-state index contributed by atoms with van der Waals surface area (Å²) in [6, 6.07) is 3.49. The normalized spacial score (nSPS) is 9.85. The minimum Gasteiger partial charge on any atom is -0.481 e. The van der Waals surface area contributed by atoms with Crippen LogP contribution in [0.1, 0.15) is 18.6 Å². The van der Waals surface area contributed by atoms with E-state index in [9.17, 15) is 9.59 Å². The lowest BCUT2D eigenvalue weighted by atomic mass is 10.1. The van der Waals surface area contributed by atoms with Gasteiger partial charge in [0.05, 0.1) is 6.26 Å². The smallest absolute Gasteiger partial charge is 0.310 e. The summed E-state index contributed by atoms with van der Waals surface area (Å²) in [6.45, 7) is 0. The summed E-state index contributed by atoms with van der Waals surface area (Å²) >= 11 is 0. The van der Waals surface area contributed by atoms with E-state index < -0.39 is 12.4 Å². The van der Waals surface area contributed by atoms with E-state index in [1.165, 1.54) is 6.26 Å². The summed E-state index contributed by atoms with van der Waals surface area (Å²) in [5.41, 5.74) is 0. The van der Waals surface area contributed by atoms with Crippen molar-refractivity contribution in [3.05, 3.63) is 24.2 Å². The fourth-order valence-electron chi connectivity index (χ4n) is 0.975. The third-order valence-corrected chi connectivity index (χ3v) is 1.58. The van der Waals surface area contributed by atoms with Gasteiger partial charge in [0.2, 0.25) is 0 Å². The molecule has 0 amide bonds. The summed E-state index contributed by atoms with van der Waals surface area (Å²) < 4.78 is 4.99. The Kier molecular flexibility index (Phi) is 3.25. The highest BCUT2D eigenvalue weighted by molar-refractivity contribution is 5.94. The summed E-state index contributed by atoms with van der Waals surface area (Å²) in [5, 5.41) is 8.30. The number of carboxylic acid groups (broad SMARTS) is 1. The van der Waals surface area contributed by atoms with Gasteiger partial charge in [0.15, 0.2) is 0 Å². The van der Waals surface area contributed by atoms with Crippen LogP contribution in [0.4, 0.5) is 0 Å². The number of carbonyl (C=O) groups excluding carboxylic acids is 1. The maximum absolute atomic E-state index is 10.9. The Morgan fingerprint density at radius 2 is 2.23 bits per heavy atom. The van der Waals surface area contributed by atoms with Crippen molar-refractivity contribution in [3.8, 4) is 0 Å². The van der Waals surface area contributed by atoms with Crippen LogP contribution < -0.4 is 0 Å². The molecule has 0 bridgehead atoms. The van der Waals surface area contributed by atoms with Crippen molar-refractivity contribution in [2.45, 2.75) is 19.3 Å². The fourth-order valence-corrected chi connectivity index (χ4v) is 0.975. The number of furan rings is 1. The molecule has 0 saturated carbocycles. The number of carboxylic acids is 1. The first-order valence-electron chi connectivity index (χ1n) is 3.94. The van der Waals surface area contributed by atoms with Crippen molar-refractivity contribution in [2.24, 2.45) is 0 Å². The van der Waals surface area contributed by atoms with Crippen LogP contribution in [-0.4, -0.2) is 16.9 Å². The van der Waals surface area contributed by atoms with Gasteiger partial charge in [-0.2, -0.15) is 0 Å². The molecule has 4 nitrogen and oxygen atoms in total. The molecule has 4 heteroatoms. The average Bonchev–Trinajstić information content (AvgIpc) is 2.51. The first kappa shape index (κ1) is 9.51. The van der Waals surface area contributed by atoms with Gasteiger partial charge in [-0.3, -0.25) is 9.59 Å². The molecule has 0 spiro atoms. The Labute approximate surface area is 75.2 Å². The van der Waals surface area contributed by atoms with Gasteiger partial charge >= 0.3 is 5.97 Å². The summed E-state index contributed by atoms with van der Waals surface area (Å²) in [5.74, 6) is -0.646. The Morgan fingerprint density at radius 3 is 2.77 bits per heavy atom. The van der Waals surface area contributed by atoms with Crippen LogP contribution in [0.3, 0.4) is 0 Å². The molecule has 1 aromatic heterocycles. The first-order valence-corrected chi connectivity index (χ1v) is 3.94. The summed E-state index contributed by atoms with van der Waals surface area (Å²) in [7, 11) is 0. The van der Waals surface area contributed by atoms with Crippen LogP contribution in [0.15, 0.2) is 22.8 Å². The van der Waals surface area contributed by atoms with Crippen molar-refractivity contribution in [2.75, 3.05) is 0 Å². The zero-order chi connectivity index (χ0) is 9.68. The minimum absolute atomic E-state index is 0.222. The number of carbonyl (C=O) groups is 2. The van der Waals surface area contributed by atoms with Gasteiger partial charge in [-0.25, -0.2) is 0 Å². The van der Waals surface area contributed by atoms with Crippen molar-refractivity contribution >= 4 is 11.8 Å². The Bertz CT molecular complexity index is 287. The Balaban J connectivity index is 2.27. The van der Waals surface area contributed by atoms with E-state index in [1.54, 1.807) is 12.1 Å². The zero-order valence-electron chi connectivity index (χ0n) is 7.03. The lowest BCUT2D eigenvalue weighted by molar-refractivity contribution is -0.140. The van der Waals surface area contributed by atoms with Gasteiger partial charge in [-0.05, 0) is 12.1 Å². The number of rotatable bonds is 5. The molecule has 13 heavy (non-hydrogen) atoms. The molecular weight excluding hydrogens is 172 g/mol. The van der Waals surface area contributed by atoms with E-state index in [4.69, 9.17) is 9.52 Å². The van der Waals surface area contributed by atoms with E-state index in [1.807, 2.05) is 0 Å². The number of hydrogen-bond acceptors (Lipinski definition) is 3. The summed E-state index contributed by atoms with van der Waals surface area (Å²) in [4.78, 5) is 21.1. The molecule has 0 unspecified atom stereocenters. The zero-order valence-corrected chi connectivity index (χ0v) is 7.03. The van der Waals surface area contributed by atoms with E-state index in [2.05, 4.69) is 0 Å². The van der Waals surface area contributed by atoms with Crippen LogP contribution in [0.25, 0.3) is 0 Å². The molecule has 0 radical (unpaired) electrons. The molecule has 1 aromatic rings. The molecule has 0 aliphatic carbocycles. The molecule has 1 rings (SSSR count). The van der Waals surface area contributed by atoms with Crippen molar-refractivity contribution in [1.29, 1.82) is 0 Å². The van der Waals surface area contributed by atoms with Gasteiger partial charge in [-0.15, -0.1) is 0 Å². The maximum Gasteiger partial charge on any atom is 0.310 e. The minimum atomic E-state index is -1.08. The van der Waals surface area contributed by atoms with Gasteiger partial charge in [0.25, 0.3) is 0 Å². The third kappa shape index (κ3) is 3.55. The number of ketones is 1. The van der Waals surface area contributed by atoms with E-state index >= 15 is 0 Å². The Hall–Kier alpha value is -1.58. The fraction of sp³-hybridized carbons (Fsp3) is 0.333. The molecule has 0 aromatic carbocycles. The summed E-state index contributed by atoms with van der Waals surface area (Å²) in [6.07, 6.45) is 1.82. The van der Waals surface area contributed by atoms with Gasteiger partial charge in [-0.1, -0.05) is 0 Å². The van der Waals surface area contributed by atoms with E-state index in [0.717, 1.165) is 0 Å². The highest BCUT2D eigenvalue weighted by Gasteiger charge is 2.08. The molecule has 0 aliphatic heterocycles. The molecule has 0 atom stereocenters. The average molecular weight is 182 g/mol. The standard InChI is InChI=1S/C9H10O4/c10-7(6-9(11)12)3-4-8-2-1-5-13-8/h1-2,5H,3-4,6H2,(H,11,12). The lowest BCUT2D eigenvalue weighted by Crippen LogP contribution is -2.07. The first-order chi connectivity index (χ1) is 6.18. The van der Waals surface area contributed by atoms with Gasteiger partial charge in [0, 0.05) is 12.8 Å². The second kappa shape index (κ2) is 4.45. The van der Waals surface area contributed by atoms with Crippen molar-refractivity contribution < 1.29 is 19.1 Å². The molecule has 1 heterocycles. The molecular formula is C9H10O4. The topological polar surface area (TPSA) is 67.5 Å². The monoisotopic (exact) mass is 182 g/mol. The Morgan fingerprint density at radius 1 is 1.46 bits per heavy atom. The SMILES string of the molecule is O=C(O)CC(=O)CCc1ccco1. The van der Waals surface area contributed by atoms with Gasteiger partial charge < -0.3 is 9.52 Å². The molecule has 1 N–H and O–H groups in total.